The average Bonchev–Trinajstić information content (AvgIpc) is 2.74. The van der Waals surface area contributed by atoms with Gasteiger partial charge in [-0.1, -0.05) is 23.8 Å². The van der Waals surface area contributed by atoms with Crippen LogP contribution in [0, 0.1) is 29.9 Å². The number of nitrogens with zero attached hydrogens (tertiary/aromatic N) is 2. The molecule has 1 amide bonds. The highest BCUT2D eigenvalue weighted by Gasteiger charge is 2.24. The first-order valence-corrected chi connectivity index (χ1v) is 12.0. The minimum atomic E-state index is -3.58. The zero-order chi connectivity index (χ0) is 23.3. The number of nitro groups is 1. The predicted octanol–water partition coefficient (Wildman–Crippen LogP) is 2.84. The van der Waals surface area contributed by atoms with E-state index in [0.717, 1.165) is 24.9 Å². The van der Waals surface area contributed by atoms with Gasteiger partial charge in [-0.05, 0) is 57.4 Å². The number of carbonyl (C=O) groups excluding carboxylic acids is 1. The number of piperidine rings is 1. The molecule has 9 nitrogen and oxygen atoms in total. The molecule has 32 heavy (non-hydrogen) atoms. The van der Waals surface area contributed by atoms with E-state index in [1.807, 2.05) is 11.8 Å². The van der Waals surface area contributed by atoms with Crippen molar-refractivity contribution >= 4 is 27.3 Å². The number of sulfonamides is 1. The van der Waals surface area contributed by atoms with Crippen LogP contribution in [-0.4, -0.2) is 50.3 Å². The minimum Gasteiger partial charge on any atom is -0.324 e. The van der Waals surface area contributed by atoms with E-state index in [1.165, 1.54) is 12.1 Å². The van der Waals surface area contributed by atoms with Crippen LogP contribution in [0.15, 0.2) is 47.4 Å². The number of aryl methyl sites for hydroxylation is 1. The molecule has 0 aromatic heterocycles. The number of carbonyl (C=O) groups is 1. The summed E-state index contributed by atoms with van der Waals surface area (Å²) >= 11 is 0. The third kappa shape index (κ3) is 6.12. The molecule has 0 aliphatic carbocycles. The summed E-state index contributed by atoms with van der Waals surface area (Å²) in [7, 11) is -3.58. The van der Waals surface area contributed by atoms with Gasteiger partial charge in [0.25, 0.3) is 5.69 Å². The molecule has 1 unspecified atom stereocenters. The molecule has 1 aliphatic rings. The molecule has 0 radical (unpaired) electrons. The molecule has 1 saturated heterocycles. The van der Waals surface area contributed by atoms with Crippen LogP contribution in [0.4, 0.5) is 11.4 Å². The van der Waals surface area contributed by atoms with Crippen molar-refractivity contribution in [1.82, 2.24) is 9.62 Å². The molecule has 1 fully saturated rings. The molecule has 1 aliphatic heterocycles. The van der Waals surface area contributed by atoms with Crippen LogP contribution in [0.2, 0.25) is 0 Å². The lowest BCUT2D eigenvalue weighted by Gasteiger charge is -2.32. The Morgan fingerprint density at radius 3 is 2.59 bits per heavy atom. The van der Waals surface area contributed by atoms with E-state index in [0.29, 0.717) is 24.3 Å². The zero-order valence-electron chi connectivity index (χ0n) is 18.2. The molecule has 0 saturated carbocycles. The number of nitrogens with one attached hydrogen (secondary N) is 2. The number of rotatable bonds is 8. The Balaban J connectivity index is 1.54. The highest BCUT2D eigenvalue weighted by molar-refractivity contribution is 7.89. The van der Waals surface area contributed by atoms with E-state index in [9.17, 15) is 23.3 Å². The number of nitro benzene ring substituents is 1. The number of benzene rings is 2. The zero-order valence-corrected chi connectivity index (χ0v) is 19.0. The molecule has 1 atom stereocenters. The smallest absolute Gasteiger partial charge is 0.274 e. The number of hydrogen-bond donors (Lipinski definition) is 2. The maximum atomic E-state index is 12.5. The Morgan fingerprint density at radius 1 is 1.19 bits per heavy atom. The number of anilines is 1. The second-order valence-electron chi connectivity index (χ2n) is 8.16. The van der Waals surface area contributed by atoms with Gasteiger partial charge in [0.05, 0.1) is 27.6 Å². The number of likely N-dealkylation sites (tertiary alicyclic amines) is 1. The van der Waals surface area contributed by atoms with E-state index in [2.05, 4.69) is 10.0 Å². The Morgan fingerprint density at radius 2 is 1.91 bits per heavy atom. The van der Waals surface area contributed by atoms with Crippen molar-refractivity contribution in [1.29, 1.82) is 0 Å². The van der Waals surface area contributed by atoms with Gasteiger partial charge in [-0.15, -0.1) is 0 Å². The van der Waals surface area contributed by atoms with E-state index < -0.39 is 14.9 Å². The summed E-state index contributed by atoms with van der Waals surface area (Å²) in [5.74, 6) is -0.161. The summed E-state index contributed by atoms with van der Waals surface area (Å²) < 4.78 is 27.7. The molecule has 2 aromatic rings. The third-order valence-corrected chi connectivity index (χ3v) is 7.08. The Kier molecular flexibility index (Phi) is 7.60. The van der Waals surface area contributed by atoms with Gasteiger partial charge in [0.15, 0.2) is 0 Å². The quantitative estimate of drug-likeness (QED) is 0.461. The van der Waals surface area contributed by atoms with Crippen molar-refractivity contribution in [3.63, 3.8) is 0 Å². The van der Waals surface area contributed by atoms with Crippen molar-refractivity contribution in [3.05, 3.63) is 63.7 Å². The number of hydrogen-bond acceptors (Lipinski definition) is 6. The van der Waals surface area contributed by atoms with Gasteiger partial charge in [0.2, 0.25) is 15.9 Å². The molecule has 10 heteroatoms. The van der Waals surface area contributed by atoms with Crippen molar-refractivity contribution < 1.29 is 18.1 Å². The molecule has 0 bridgehead atoms. The Bertz CT molecular complexity index is 1090. The summed E-state index contributed by atoms with van der Waals surface area (Å²) in [6, 6.07) is 11.3. The van der Waals surface area contributed by atoms with Gasteiger partial charge in [-0.3, -0.25) is 19.8 Å². The van der Waals surface area contributed by atoms with Gasteiger partial charge in [0.1, 0.15) is 0 Å². The first kappa shape index (κ1) is 23.8. The van der Waals surface area contributed by atoms with Crippen LogP contribution in [-0.2, 0) is 14.8 Å². The van der Waals surface area contributed by atoms with Crippen LogP contribution < -0.4 is 10.0 Å². The highest BCUT2D eigenvalue weighted by Crippen LogP contribution is 2.25. The molecule has 2 N–H and O–H groups in total. The SMILES string of the molecule is Cc1ccc(S(=O)(=O)NCC2CCCN(CC(=O)Nc3cccc([N+](=O)[O-])c3C)C2)cc1. The lowest BCUT2D eigenvalue weighted by atomic mass is 9.98. The van der Waals surface area contributed by atoms with Gasteiger partial charge < -0.3 is 5.32 Å². The maximum Gasteiger partial charge on any atom is 0.274 e. The van der Waals surface area contributed by atoms with Gasteiger partial charge in [0, 0.05) is 19.2 Å². The van der Waals surface area contributed by atoms with Crippen LogP contribution in [0.1, 0.15) is 24.0 Å². The van der Waals surface area contributed by atoms with Crippen molar-refractivity contribution in [3.8, 4) is 0 Å². The standard InChI is InChI=1S/C22H28N4O5S/c1-16-8-10-19(11-9-16)32(30,31)23-13-18-5-4-12-25(14-18)15-22(27)24-20-6-3-7-21(17(20)2)26(28)29/h3,6-11,18,23H,4-5,12-15H2,1-2H3,(H,24,27). The average molecular weight is 461 g/mol. The fourth-order valence-electron chi connectivity index (χ4n) is 3.84. The van der Waals surface area contributed by atoms with Crippen LogP contribution in [0.3, 0.4) is 0 Å². The largest absolute Gasteiger partial charge is 0.324 e. The topological polar surface area (TPSA) is 122 Å². The molecule has 2 aromatic carbocycles. The summed E-state index contributed by atoms with van der Waals surface area (Å²) in [5.41, 5.74) is 1.78. The minimum absolute atomic E-state index is 0.0401. The number of amides is 1. The first-order chi connectivity index (χ1) is 15.2. The summed E-state index contributed by atoms with van der Waals surface area (Å²) in [6.45, 7) is 5.28. The maximum absolute atomic E-state index is 12.5. The predicted molar refractivity (Wildman–Crippen MR) is 122 cm³/mol. The van der Waals surface area contributed by atoms with Crippen LogP contribution >= 0.6 is 0 Å². The van der Waals surface area contributed by atoms with E-state index >= 15 is 0 Å². The van der Waals surface area contributed by atoms with E-state index in [-0.39, 0.29) is 29.0 Å². The van der Waals surface area contributed by atoms with Crippen LogP contribution in [0.25, 0.3) is 0 Å². The fourth-order valence-corrected chi connectivity index (χ4v) is 4.96. The Labute approximate surface area is 188 Å². The monoisotopic (exact) mass is 460 g/mol. The van der Waals surface area contributed by atoms with E-state index in [1.54, 1.807) is 37.3 Å². The van der Waals surface area contributed by atoms with Gasteiger partial charge >= 0.3 is 0 Å². The van der Waals surface area contributed by atoms with Crippen molar-refractivity contribution in [2.24, 2.45) is 5.92 Å². The van der Waals surface area contributed by atoms with Crippen LogP contribution in [0.5, 0.6) is 0 Å². The second kappa shape index (κ2) is 10.2. The lowest BCUT2D eigenvalue weighted by Crippen LogP contribution is -2.43. The summed E-state index contributed by atoms with van der Waals surface area (Å²) in [4.78, 5) is 25.3. The molecular weight excluding hydrogens is 432 g/mol. The third-order valence-electron chi connectivity index (χ3n) is 5.64. The lowest BCUT2D eigenvalue weighted by molar-refractivity contribution is -0.385. The van der Waals surface area contributed by atoms with Crippen molar-refractivity contribution in [2.45, 2.75) is 31.6 Å². The van der Waals surface area contributed by atoms with Gasteiger partial charge in [-0.2, -0.15) is 0 Å². The molecule has 0 spiro atoms. The summed E-state index contributed by atoms with van der Waals surface area (Å²) in [5, 5.41) is 13.8. The Hall–Kier alpha value is -2.82. The molecule has 172 valence electrons. The molecule has 3 rings (SSSR count). The highest BCUT2D eigenvalue weighted by atomic mass is 32.2. The molecule has 1 heterocycles. The fraction of sp³-hybridized carbons (Fsp3) is 0.409. The normalized spacial score (nSPS) is 17.1. The van der Waals surface area contributed by atoms with Gasteiger partial charge in [-0.25, -0.2) is 13.1 Å². The van der Waals surface area contributed by atoms with E-state index in [4.69, 9.17) is 0 Å². The second-order valence-corrected chi connectivity index (χ2v) is 9.93. The first-order valence-electron chi connectivity index (χ1n) is 10.5. The summed E-state index contributed by atoms with van der Waals surface area (Å²) in [6.07, 6.45) is 1.73. The van der Waals surface area contributed by atoms with Crippen molar-refractivity contribution in [2.75, 3.05) is 31.5 Å². The molecular formula is C22H28N4O5S.